The first-order valence-corrected chi connectivity index (χ1v) is 8.40. The molecule has 1 saturated carbocycles. The van der Waals surface area contributed by atoms with Crippen LogP contribution < -0.4 is 15.5 Å². The number of nitrogens with one attached hydrogen (secondary N) is 2. The molecule has 0 amide bonds. The molecule has 0 saturated heterocycles. The molecule has 0 heterocycles. The summed E-state index contributed by atoms with van der Waals surface area (Å²) in [5, 5.41) is 18.1. The molecule has 1 aliphatic rings. The van der Waals surface area contributed by atoms with Crippen LogP contribution in [0.1, 0.15) is 45.1 Å². The Bertz CT molecular complexity index is 589. The van der Waals surface area contributed by atoms with Gasteiger partial charge in [-0.2, -0.15) is 5.10 Å². The van der Waals surface area contributed by atoms with E-state index >= 15 is 0 Å². The maximum atomic E-state index is 10.0. The van der Waals surface area contributed by atoms with E-state index < -0.39 is 0 Å². The van der Waals surface area contributed by atoms with Crippen molar-refractivity contribution in [1.29, 1.82) is 0 Å². The molecule has 1 aromatic rings. The molecule has 126 valence electrons. The number of ether oxygens (including phenoxy) is 1. The Hall–Kier alpha value is -1.82. The third kappa shape index (κ3) is 4.82. The Balaban J connectivity index is 1.94. The predicted octanol–water partition coefficient (Wildman–Crippen LogP) is 3.17. The van der Waals surface area contributed by atoms with Gasteiger partial charge in [-0.05, 0) is 50.0 Å². The van der Waals surface area contributed by atoms with Gasteiger partial charge in [0.05, 0.1) is 12.8 Å². The van der Waals surface area contributed by atoms with E-state index in [1.165, 1.54) is 19.3 Å². The lowest BCUT2D eigenvalue weighted by atomic mass is 9.86. The lowest BCUT2D eigenvalue weighted by Gasteiger charge is -2.30. The summed E-state index contributed by atoms with van der Waals surface area (Å²) >= 11 is 5.32. The van der Waals surface area contributed by atoms with E-state index in [1.807, 2.05) is 6.92 Å². The summed E-state index contributed by atoms with van der Waals surface area (Å²) in [7, 11) is 1.56. The highest BCUT2D eigenvalue weighted by atomic mass is 32.1. The van der Waals surface area contributed by atoms with Crippen LogP contribution in [0.25, 0.3) is 0 Å². The minimum absolute atomic E-state index is 0.132. The molecule has 1 aliphatic carbocycles. The number of methoxy groups -OCH3 is 1. The van der Waals surface area contributed by atoms with Crippen molar-refractivity contribution in [2.24, 2.45) is 11.0 Å². The van der Waals surface area contributed by atoms with Crippen LogP contribution in [0.5, 0.6) is 11.5 Å². The third-order valence-electron chi connectivity index (χ3n) is 4.35. The Labute approximate surface area is 143 Å². The Morgan fingerprint density at radius 3 is 2.74 bits per heavy atom. The standard InChI is InChI=1S/C17H25N3O2S/c1-11-6-4-5-7-15(11)18-17(23)20-19-12(2)14-9-8-13(22-3)10-16(14)21/h8-11,15,21H,4-7H2,1-3H3,(H2,18,20,23)/b19-12+/t11-,15+/m0/s1. The smallest absolute Gasteiger partial charge is 0.187 e. The molecular formula is C17H25N3O2S. The number of hydrogen-bond acceptors (Lipinski definition) is 4. The van der Waals surface area contributed by atoms with Crippen LogP contribution in [0.15, 0.2) is 23.3 Å². The highest BCUT2D eigenvalue weighted by Gasteiger charge is 2.21. The van der Waals surface area contributed by atoms with Crippen LogP contribution in [0, 0.1) is 5.92 Å². The molecule has 3 N–H and O–H groups in total. The number of nitrogens with zero attached hydrogens (tertiary/aromatic N) is 1. The summed E-state index contributed by atoms with van der Waals surface area (Å²) in [5.74, 6) is 1.36. The summed E-state index contributed by atoms with van der Waals surface area (Å²) in [4.78, 5) is 0. The Morgan fingerprint density at radius 2 is 2.09 bits per heavy atom. The van der Waals surface area contributed by atoms with Gasteiger partial charge in [0, 0.05) is 17.7 Å². The zero-order valence-electron chi connectivity index (χ0n) is 13.9. The summed E-state index contributed by atoms with van der Waals surface area (Å²) in [5.41, 5.74) is 4.17. The maximum absolute atomic E-state index is 10.0. The first kappa shape index (κ1) is 17.5. The van der Waals surface area contributed by atoms with E-state index in [0.717, 1.165) is 6.42 Å². The molecular weight excluding hydrogens is 310 g/mol. The fourth-order valence-electron chi connectivity index (χ4n) is 2.87. The van der Waals surface area contributed by atoms with Crippen LogP contribution >= 0.6 is 12.2 Å². The molecule has 0 radical (unpaired) electrons. The quantitative estimate of drug-likeness (QED) is 0.448. The van der Waals surface area contributed by atoms with Gasteiger partial charge < -0.3 is 15.2 Å². The van der Waals surface area contributed by atoms with Crippen molar-refractivity contribution in [3.63, 3.8) is 0 Å². The lowest BCUT2D eigenvalue weighted by Crippen LogP contribution is -2.44. The molecule has 2 rings (SSSR count). The van der Waals surface area contributed by atoms with E-state index in [0.29, 0.717) is 34.1 Å². The second kappa shape index (κ2) is 8.15. The van der Waals surface area contributed by atoms with Gasteiger partial charge in [-0.3, -0.25) is 5.43 Å². The van der Waals surface area contributed by atoms with Gasteiger partial charge in [0.2, 0.25) is 0 Å². The number of phenolic OH excluding ortho intramolecular Hbond substituents is 1. The highest BCUT2D eigenvalue weighted by molar-refractivity contribution is 7.80. The van der Waals surface area contributed by atoms with Crippen LogP contribution in [0.2, 0.25) is 0 Å². The van der Waals surface area contributed by atoms with Gasteiger partial charge in [0.1, 0.15) is 11.5 Å². The molecule has 0 unspecified atom stereocenters. The van der Waals surface area contributed by atoms with Gasteiger partial charge in [0.25, 0.3) is 0 Å². The number of rotatable bonds is 4. The number of aromatic hydroxyl groups is 1. The van der Waals surface area contributed by atoms with Gasteiger partial charge in [-0.1, -0.05) is 19.8 Å². The summed E-state index contributed by atoms with van der Waals surface area (Å²) in [6, 6.07) is 5.53. The highest BCUT2D eigenvalue weighted by Crippen LogP contribution is 2.24. The number of hydrazone groups is 1. The zero-order valence-corrected chi connectivity index (χ0v) is 14.7. The van der Waals surface area contributed by atoms with Crippen molar-refractivity contribution in [3.05, 3.63) is 23.8 Å². The van der Waals surface area contributed by atoms with Crippen molar-refractivity contribution >= 4 is 23.0 Å². The van der Waals surface area contributed by atoms with Crippen molar-refractivity contribution in [3.8, 4) is 11.5 Å². The number of phenols is 1. The molecule has 23 heavy (non-hydrogen) atoms. The lowest BCUT2D eigenvalue weighted by molar-refractivity contribution is 0.308. The summed E-state index contributed by atoms with van der Waals surface area (Å²) in [6.07, 6.45) is 4.92. The molecule has 0 aliphatic heterocycles. The maximum Gasteiger partial charge on any atom is 0.187 e. The molecule has 0 aromatic heterocycles. The normalized spacial score (nSPS) is 21.6. The summed E-state index contributed by atoms with van der Waals surface area (Å²) in [6.45, 7) is 4.07. The molecule has 1 fully saturated rings. The molecule has 6 heteroatoms. The minimum atomic E-state index is 0.132. The monoisotopic (exact) mass is 335 g/mol. The van der Waals surface area contributed by atoms with Crippen LogP contribution in [-0.4, -0.2) is 29.1 Å². The first-order chi connectivity index (χ1) is 11.0. The van der Waals surface area contributed by atoms with Crippen LogP contribution in [0.4, 0.5) is 0 Å². The SMILES string of the molecule is COc1ccc(/C(C)=N/NC(=S)N[C@@H]2CCCC[C@@H]2C)c(O)c1. The Kier molecular flexibility index (Phi) is 6.21. The predicted molar refractivity (Wildman–Crippen MR) is 97.2 cm³/mol. The van der Waals surface area contributed by atoms with Crippen molar-refractivity contribution < 1.29 is 9.84 Å². The largest absolute Gasteiger partial charge is 0.507 e. The molecule has 0 spiro atoms. The fraction of sp³-hybridized carbons (Fsp3) is 0.529. The first-order valence-electron chi connectivity index (χ1n) is 7.99. The molecule has 5 nitrogen and oxygen atoms in total. The van der Waals surface area contributed by atoms with Gasteiger partial charge in [-0.25, -0.2) is 0 Å². The average Bonchev–Trinajstić information content (AvgIpc) is 2.54. The molecule has 0 bridgehead atoms. The summed E-state index contributed by atoms with van der Waals surface area (Å²) < 4.78 is 5.08. The van der Waals surface area contributed by atoms with E-state index in [1.54, 1.807) is 25.3 Å². The van der Waals surface area contributed by atoms with Gasteiger partial charge >= 0.3 is 0 Å². The molecule has 2 atom stereocenters. The van der Waals surface area contributed by atoms with Crippen molar-refractivity contribution in [2.45, 2.75) is 45.6 Å². The molecule has 1 aromatic carbocycles. The zero-order chi connectivity index (χ0) is 16.8. The number of hydrogen-bond donors (Lipinski definition) is 3. The minimum Gasteiger partial charge on any atom is -0.507 e. The van der Waals surface area contributed by atoms with E-state index in [2.05, 4.69) is 22.8 Å². The van der Waals surface area contributed by atoms with Gasteiger partial charge in [-0.15, -0.1) is 0 Å². The number of benzene rings is 1. The van der Waals surface area contributed by atoms with Crippen molar-refractivity contribution in [2.75, 3.05) is 7.11 Å². The second-order valence-electron chi connectivity index (χ2n) is 6.03. The third-order valence-corrected chi connectivity index (χ3v) is 4.56. The van der Waals surface area contributed by atoms with E-state index in [9.17, 15) is 5.11 Å². The van der Waals surface area contributed by atoms with Crippen LogP contribution in [-0.2, 0) is 0 Å². The van der Waals surface area contributed by atoms with Crippen molar-refractivity contribution in [1.82, 2.24) is 10.7 Å². The van der Waals surface area contributed by atoms with E-state index in [-0.39, 0.29) is 5.75 Å². The Morgan fingerprint density at radius 1 is 1.35 bits per heavy atom. The van der Waals surface area contributed by atoms with E-state index in [4.69, 9.17) is 17.0 Å². The fourth-order valence-corrected chi connectivity index (χ4v) is 3.07. The topological polar surface area (TPSA) is 65.9 Å². The number of thiocarbonyl (C=S) groups is 1. The second-order valence-corrected chi connectivity index (χ2v) is 6.44. The van der Waals surface area contributed by atoms with Gasteiger partial charge in [0.15, 0.2) is 5.11 Å². The average molecular weight is 335 g/mol. The van der Waals surface area contributed by atoms with Crippen LogP contribution in [0.3, 0.4) is 0 Å².